The zero-order valence-corrected chi connectivity index (χ0v) is 20.4. The first-order valence-corrected chi connectivity index (χ1v) is 12.1. The number of aromatic nitrogens is 2. The number of nitrogens with zero attached hydrogens (tertiary/aromatic N) is 3. The lowest BCUT2D eigenvalue weighted by Crippen LogP contribution is -2.45. The van der Waals surface area contributed by atoms with Crippen molar-refractivity contribution >= 4 is 5.91 Å². The molecule has 5 rings (SSSR count). The van der Waals surface area contributed by atoms with Crippen LogP contribution >= 0.6 is 0 Å². The van der Waals surface area contributed by atoms with Gasteiger partial charge in [-0.25, -0.2) is 4.39 Å². The molecule has 0 spiro atoms. The third kappa shape index (κ3) is 3.84. The first kappa shape index (κ1) is 22.8. The fourth-order valence-electron chi connectivity index (χ4n) is 5.68. The highest BCUT2D eigenvalue weighted by Crippen LogP contribution is 2.36. The van der Waals surface area contributed by atoms with Gasteiger partial charge in [-0.2, -0.15) is 5.10 Å². The first-order valence-electron chi connectivity index (χ1n) is 12.1. The highest BCUT2D eigenvalue weighted by atomic mass is 19.1. The van der Waals surface area contributed by atoms with E-state index >= 15 is 4.39 Å². The van der Waals surface area contributed by atoms with E-state index in [1.165, 1.54) is 0 Å². The molecular formula is C28H32FN3O2. The SMILES string of the molecule is Cc1nn(C)cc1-c1ccc(Cc2cc3c(c(C)c2C)CN(C2CCCCC2O)C3=O)c(F)c1. The number of carbonyl (C=O) groups is 1. The monoisotopic (exact) mass is 461 g/mol. The number of hydrogen-bond acceptors (Lipinski definition) is 3. The molecule has 1 aliphatic heterocycles. The van der Waals surface area contributed by atoms with Crippen molar-refractivity contribution in [1.29, 1.82) is 0 Å². The predicted molar refractivity (Wildman–Crippen MR) is 130 cm³/mol. The molecule has 0 bridgehead atoms. The van der Waals surface area contributed by atoms with Crippen molar-refractivity contribution in [1.82, 2.24) is 14.7 Å². The Labute approximate surface area is 200 Å². The molecule has 178 valence electrons. The maximum atomic E-state index is 15.2. The summed E-state index contributed by atoms with van der Waals surface area (Å²) in [4.78, 5) is 15.2. The highest BCUT2D eigenvalue weighted by molar-refractivity contribution is 5.99. The molecule has 6 heteroatoms. The van der Waals surface area contributed by atoms with Crippen molar-refractivity contribution in [2.45, 2.75) is 71.6 Å². The Hall–Kier alpha value is -2.99. The van der Waals surface area contributed by atoms with Crippen LogP contribution in [0.1, 0.15) is 69.6 Å². The number of benzene rings is 2. The van der Waals surface area contributed by atoms with Crippen molar-refractivity contribution in [2.24, 2.45) is 7.05 Å². The molecule has 1 aromatic heterocycles. The smallest absolute Gasteiger partial charge is 0.254 e. The van der Waals surface area contributed by atoms with Gasteiger partial charge in [0.25, 0.3) is 5.91 Å². The average Bonchev–Trinajstić information content (AvgIpc) is 3.32. The maximum Gasteiger partial charge on any atom is 0.254 e. The van der Waals surface area contributed by atoms with Crippen LogP contribution in [0, 0.1) is 26.6 Å². The van der Waals surface area contributed by atoms with Gasteiger partial charge >= 0.3 is 0 Å². The molecular weight excluding hydrogens is 429 g/mol. The van der Waals surface area contributed by atoms with Crippen molar-refractivity contribution in [3.63, 3.8) is 0 Å². The van der Waals surface area contributed by atoms with Gasteiger partial charge in [0.15, 0.2) is 0 Å². The standard InChI is InChI=1S/C28H32FN3O2/c1-16-17(2)23-15-32(26-7-5-6-8-27(26)33)28(34)22(23)12-21(16)11-20-10-9-19(13-25(20)29)24-14-31(4)30-18(24)3/h9-10,12-14,26-27,33H,5-8,11,15H2,1-4H3. The minimum atomic E-state index is -0.455. The number of halogens is 1. The molecule has 2 aromatic carbocycles. The third-order valence-electron chi connectivity index (χ3n) is 7.81. The van der Waals surface area contributed by atoms with Crippen LogP contribution in [0.25, 0.3) is 11.1 Å². The first-order chi connectivity index (χ1) is 16.2. The van der Waals surface area contributed by atoms with Gasteiger partial charge in [0.2, 0.25) is 0 Å². The number of carbonyl (C=O) groups excluding carboxylic acids is 1. The van der Waals surface area contributed by atoms with E-state index in [4.69, 9.17) is 0 Å². The Bertz CT molecular complexity index is 1280. The summed E-state index contributed by atoms with van der Waals surface area (Å²) in [7, 11) is 1.86. The quantitative estimate of drug-likeness (QED) is 0.595. The molecule has 2 atom stereocenters. The molecule has 1 amide bonds. The van der Waals surface area contributed by atoms with E-state index < -0.39 is 6.10 Å². The van der Waals surface area contributed by atoms with Crippen LogP contribution in [0.3, 0.4) is 0 Å². The summed E-state index contributed by atoms with van der Waals surface area (Å²) in [5.41, 5.74) is 8.13. The molecule has 3 aromatic rings. The zero-order chi connectivity index (χ0) is 24.1. The minimum Gasteiger partial charge on any atom is -0.391 e. The molecule has 2 unspecified atom stereocenters. The molecule has 1 N–H and O–H groups in total. The van der Waals surface area contributed by atoms with Gasteiger partial charge < -0.3 is 10.0 Å². The summed E-state index contributed by atoms with van der Waals surface area (Å²) in [6.07, 6.45) is 5.53. The number of aliphatic hydroxyl groups is 1. The average molecular weight is 462 g/mol. The molecule has 0 radical (unpaired) electrons. The van der Waals surface area contributed by atoms with Crippen molar-refractivity contribution in [3.8, 4) is 11.1 Å². The fraction of sp³-hybridized carbons (Fsp3) is 0.429. The fourth-order valence-corrected chi connectivity index (χ4v) is 5.68. The molecule has 34 heavy (non-hydrogen) atoms. The summed E-state index contributed by atoms with van der Waals surface area (Å²) in [6, 6.07) is 7.19. The van der Waals surface area contributed by atoms with Crippen molar-refractivity contribution in [2.75, 3.05) is 0 Å². The van der Waals surface area contributed by atoms with Crippen LogP contribution in [0.5, 0.6) is 0 Å². The lowest BCUT2D eigenvalue weighted by molar-refractivity contribution is 0.0191. The largest absolute Gasteiger partial charge is 0.391 e. The van der Waals surface area contributed by atoms with E-state index in [9.17, 15) is 9.90 Å². The van der Waals surface area contributed by atoms with Crippen LogP contribution in [0.15, 0.2) is 30.5 Å². The third-order valence-corrected chi connectivity index (χ3v) is 7.81. The Morgan fingerprint density at radius 3 is 2.50 bits per heavy atom. The van der Waals surface area contributed by atoms with E-state index in [1.54, 1.807) is 10.7 Å². The van der Waals surface area contributed by atoms with E-state index in [-0.39, 0.29) is 17.8 Å². The van der Waals surface area contributed by atoms with Gasteiger partial charge in [-0.15, -0.1) is 0 Å². The normalized spacial score (nSPS) is 20.2. The second kappa shape index (κ2) is 8.66. The molecule has 1 fully saturated rings. The Morgan fingerprint density at radius 2 is 1.82 bits per heavy atom. The Morgan fingerprint density at radius 1 is 1.06 bits per heavy atom. The number of hydrogen-bond donors (Lipinski definition) is 1. The Balaban J connectivity index is 1.44. The minimum absolute atomic E-state index is 0.00632. The van der Waals surface area contributed by atoms with Crippen LogP contribution in [0.4, 0.5) is 4.39 Å². The number of amides is 1. The van der Waals surface area contributed by atoms with E-state index in [2.05, 4.69) is 18.9 Å². The van der Waals surface area contributed by atoms with Gasteiger partial charge in [0.05, 0.1) is 17.8 Å². The highest BCUT2D eigenvalue weighted by Gasteiger charge is 2.38. The van der Waals surface area contributed by atoms with E-state index in [0.29, 0.717) is 24.1 Å². The topological polar surface area (TPSA) is 58.4 Å². The Kier molecular flexibility index (Phi) is 5.80. The predicted octanol–water partition coefficient (Wildman–Crippen LogP) is 5.00. The molecule has 1 aliphatic carbocycles. The summed E-state index contributed by atoms with van der Waals surface area (Å²) >= 11 is 0. The zero-order valence-electron chi connectivity index (χ0n) is 20.4. The number of aliphatic hydroxyl groups excluding tert-OH is 1. The molecule has 2 heterocycles. The van der Waals surface area contributed by atoms with Crippen molar-refractivity contribution in [3.05, 3.63) is 75.4 Å². The van der Waals surface area contributed by atoms with Gasteiger partial charge in [0.1, 0.15) is 5.82 Å². The lowest BCUT2D eigenvalue weighted by atomic mass is 9.90. The van der Waals surface area contributed by atoms with Gasteiger partial charge in [-0.1, -0.05) is 25.0 Å². The maximum absolute atomic E-state index is 15.2. The molecule has 5 nitrogen and oxygen atoms in total. The van der Waals surface area contributed by atoms with Crippen LogP contribution in [-0.4, -0.2) is 37.8 Å². The van der Waals surface area contributed by atoms with Crippen molar-refractivity contribution < 1.29 is 14.3 Å². The summed E-state index contributed by atoms with van der Waals surface area (Å²) in [5, 5.41) is 14.9. The number of aryl methyl sites for hydroxylation is 2. The lowest BCUT2D eigenvalue weighted by Gasteiger charge is -2.35. The van der Waals surface area contributed by atoms with E-state index in [1.807, 2.05) is 43.3 Å². The molecule has 0 saturated heterocycles. The van der Waals surface area contributed by atoms with Crippen LogP contribution in [-0.2, 0) is 20.0 Å². The molecule has 2 aliphatic rings. The summed E-state index contributed by atoms with van der Waals surface area (Å²) in [6.45, 7) is 6.58. The number of rotatable bonds is 4. The summed E-state index contributed by atoms with van der Waals surface area (Å²) in [5.74, 6) is -0.259. The van der Waals surface area contributed by atoms with Crippen LogP contribution < -0.4 is 0 Å². The van der Waals surface area contributed by atoms with Gasteiger partial charge in [0, 0.05) is 37.3 Å². The second-order valence-electron chi connectivity index (χ2n) is 9.95. The molecule has 1 saturated carbocycles. The van der Waals surface area contributed by atoms with Crippen LogP contribution in [0.2, 0.25) is 0 Å². The van der Waals surface area contributed by atoms with E-state index in [0.717, 1.165) is 64.8 Å². The number of fused-ring (bicyclic) bond motifs is 1. The second-order valence-corrected chi connectivity index (χ2v) is 9.95. The van der Waals surface area contributed by atoms with Gasteiger partial charge in [-0.05, 0) is 79.1 Å². The summed E-state index contributed by atoms with van der Waals surface area (Å²) < 4.78 is 16.9. The van der Waals surface area contributed by atoms with Gasteiger partial charge in [-0.3, -0.25) is 9.48 Å².